The monoisotopic (exact) mass is 366 g/mol. The fraction of sp³-hybridized carbons (Fsp3) is 0.474. The molecule has 0 fully saturated rings. The van der Waals surface area contributed by atoms with Crippen LogP contribution in [0.25, 0.3) is 0 Å². The van der Waals surface area contributed by atoms with Gasteiger partial charge in [0.15, 0.2) is 0 Å². The van der Waals surface area contributed by atoms with Gasteiger partial charge in [-0.1, -0.05) is 0 Å². The summed E-state index contributed by atoms with van der Waals surface area (Å²) < 4.78 is 1.63. The van der Waals surface area contributed by atoms with Gasteiger partial charge in [0.2, 0.25) is 0 Å². The number of allylic oxidation sites excluding steroid dienone is 3. The van der Waals surface area contributed by atoms with E-state index in [0.29, 0.717) is 15.0 Å². The second-order valence-corrected chi connectivity index (χ2v) is 9.75. The van der Waals surface area contributed by atoms with Crippen molar-refractivity contribution in [2.75, 3.05) is 5.75 Å². The molecule has 1 aliphatic carbocycles. The topological polar surface area (TPSA) is 0 Å². The predicted octanol–water partition coefficient (Wildman–Crippen LogP) is 5.62. The van der Waals surface area contributed by atoms with Gasteiger partial charge < -0.3 is 0 Å². The van der Waals surface area contributed by atoms with E-state index in [0.717, 1.165) is 5.92 Å². The van der Waals surface area contributed by atoms with E-state index in [1.54, 1.807) is 9.38 Å². The van der Waals surface area contributed by atoms with Crippen LogP contribution in [0.3, 0.4) is 0 Å². The molecule has 0 bridgehead atoms. The second kappa shape index (κ2) is 9.56. The molecule has 0 heterocycles. The first-order valence-electron chi connectivity index (χ1n) is 7.94. The molecule has 1 aromatic carbocycles. The molecule has 0 nitrogen and oxygen atoms in total. The van der Waals surface area contributed by atoms with Gasteiger partial charge >= 0.3 is 141 Å². The first kappa shape index (κ1) is 16.9. The van der Waals surface area contributed by atoms with Crippen molar-refractivity contribution in [1.82, 2.24) is 0 Å². The molecule has 0 unspecified atom stereocenters. The minimum absolute atomic E-state index is 0.569. The third kappa shape index (κ3) is 6.91. The summed E-state index contributed by atoms with van der Waals surface area (Å²) in [7, 11) is 0. The van der Waals surface area contributed by atoms with Gasteiger partial charge in [-0.2, -0.15) is 0 Å². The molecule has 0 aliphatic heterocycles. The molecule has 0 saturated heterocycles. The van der Waals surface area contributed by atoms with E-state index < -0.39 is 0 Å². The Morgan fingerprint density at radius 2 is 2.05 bits per heavy atom. The number of hydrogen-bond donors (Lipinski definition) is 0. The van der Waals surface area contributed by atoms with Crippen LogP contribution in [0.15, 0.2) is 51.9 Å². The molecule has 1 aliphatic rings. The summed E-state index contributed by atoms with van der Waals surface area (Å²) in [4.78, 5) is 0. The zero-order chi connectivity index (χ0) is 14.9. The van der Waals surface area contributed by atoms with Crippen molar-refractivity contribution in [3.05, 3.63) is 57.4 Å². The summed E-state index contributed by atoms with van der Waals surface area (Å²) in [5.41, 5.74) is 3.06. The van der Waals surface area contributed by atoms with E-state index in [-0.39, 0.29) is 0 Å². The molecule has 2 heteroatoms. The Morgan fingerprint density at radius 1 is 1.24 bits per heavy atom. The van der Waals surface area contributed by atoms with Crippen LogP contribution in [0, 0.1) is 5.92 Å². The van der Waals surface area contributed by atoms with Crippen molar-refractivity contribution in [3.8, 4) is 0 Å². The number of rotatable bonds is 7. The van der Waals surface area contributed by atoms with Crippen molar-refractivity contribution in [1.29, 1.82) is 0 Å². The Kier molecular flexibility index (Phi) is 7.71. The third-order valence-electron chi connectivity index (χ3n) is 3.41. The van der Waals surface area contributed by atoms with Gasteiger partial charge in [0, 0.05) is 0 Å². The van der Waals surface area contributed by atoms with E-state index in [4.69, 9.17) is 0 Å². The van der Waals surface area contributed by atoms with E-state index in [9.17, 15) is 0 Å². The van der Waals surface area contributed by atoms with Gasteiger partial charge in [0.05, 0.1) is 0 Å². The van der Waals surface area contributed by atoms with Crippen LogP contribution >= 0.6 is 11.8 Å². The van der Waals surface area contributed by atoms with E-state index in [1.807, 2.05) is 0 Å². The van der Waals surface area contributed by atoms with Crippen molar-refractivity contribution in [2.24, 2.45) is 5.92 Å². The molecular weight excluding hydrogens is 339 g/mol. The van der Waals surface area contributed by atoms with E-state index in [2.05, 4.69) is 68.1 Å². The second-order valence-electron chi connectivity index (χ2n) is 5.97. The fourth-order valence-corrected chi connectivity index (χ4v) is 5.87. The Hall–Kier alpha value is -0.431. The molecule has 0 saturated carbocycles. The average molecular weight is 365 g/mol. The van der Waals surface area contributed by atoms with Crippen molar-refractivity contribution >= 4 is 26.7 Å². The molecule has 1 aromatic rings. The summed E-state index contributed by atoms with van der Waals surface area (Å²) in [6, 6.07) is 10.9. The predicted molar refractivity (Wildman–Crippen MR) is 97.8 cm³/mol. The van der Waals surface area contributed by atoms with E-state index >= 15 is 0 Å². The standard InChI is InChI=1S/C19H26SSe/c1-16(2)14-20-19(13-17-9-5-3-6-10-17)21-15-18-11-7-4-8-12-18/h4,7-9,11-13,16H,3,5-6,10,14-15H2,1-2H3/b19-13-. The van der Waals surface area contributed by atoms with Crippen molar-refractivity contribution < 1.29 is 0 Å². The summed E-state index contributed by atoms with van der Waals surface area (Å²) in [5, 5.41) is 1.22. The molecule has 0 atom stereocenters. The summed E-state index contributed by atoms with van der Waals surface area (Å²) in [5.74, 6) is 2.02. The first-order chi connectivity index (χ1) is 10.2. The van der Waals surface area contributed by atoms with Gasteiger partial charge in [0.25, 0.3) is 0 Å². The third-order valence-corrected chi connectivity index (χ3v) is 7.85. The average Bonchev–Trinajstić information content (AvgIpc) is 2.52. The molecule has 2 rings (SSSR count). The normalized spacial score (nSPS) is 16.1. The zero-order valence-corrected chi connectivity index (χ0v) is 15.7. The van der Waals surface area contributed by atoms with E-state index in [1.165, 1.54) is 42.3 Å². The fourth-order valence-electron chi connectivity index (χ4n) is 2.25. The molecule has 0 aromatic heterocycles. The number of benzene rings is 1. The van der Waals surface area contributed by atoms with Gasteiger partial charge in [0.1, 0.15) is 0 Å². The van der Waals surface area contributed by atoms with Crippen LogP contribution in [-0.4, -0.2) is 20.7 Å². The molecule has 0 spiro atoms. The molecule has 0 N–H and O–H groups in total. The molecule has 0 radical (unpaired) electrons. The van der Waals surface area contributed by atoms with Crippen LogP contribution in [0.5, 0.6) is 0 Å². The molecular formula is C19H26SSe. The summed E-state index contributed by atoms with van der Waals surface area (Å²) >= 11 is 2.66. The van der Waals surface area contributed by atoms with Gasteiger partial charge in [-0.3, -0.25) is 0 Å². The number of hydrogen-bond acceptors (Lipinski definition) is 1. The Labute approximate surface area is 140 Å². The minimum atomic E-state index is 0.569. The SMILES string of the molecule is CC(C)CS/C(=C/C1=CCCCC1)[Se]Cc1ccccc1. The summed E-state index contributed by atoms with van der Waals surface area (Å²) in [6.45, 7) is 4.63. The Morgan fingerprint density at radius 3 is 2.71 bits per heavy atom. The maximum atomic E-state index is 2.51. The van der Waals surface area contributed by atoms with Crippen LogP contribution in [-0.2, 0) is 5.32 Å². The Balaban J connectivity index is 1.97. The van der Waals surface area contributed by atoms with Crippen LogP contribution in [0.4, 0.5) is 0 Å². The first-order valence-corrected chi connectivity index (χ1v) is 11.0. The van der Waals surface area contributed by atoms with Crippen LogP contribution < -0.4 is 0 Å². The molecule has 21 heavy (non-hydrogen) atoms. The van der Waals surface area contributed by atoms with Gasteiger partial charge in [-0.15, -0.1) is 0 Å². The van der Waals surface area contributed by atoms with Crippen molar-refractivity contribution in [3.63, 3.8) is 0 Å². The van der Waals surface area contributed by atoms with Gasteiger partial charge in [-0.25, -0.2) is 0 Å². The van der Waals surface area contributed by atoms with Crippen LogP contribution in [0.1, 0.15) is 45.1 Å². The van der Waals surface area contributed by atoms with Crippen molar-refractivity contribution in [2.45, 2.75) is 44.9 Å². The maximum absolute atomic E-state index is 2.51. The quantitative estimate of drug-likeness (QED) is 0.565. The Bertz CT molecular complexity index is 474. The zero-order valence-electron chi connectivity index (χ0n) is 13.2. The molecule has 114 valence electrons. The van der Waals surface area contributed by atoms with Gasteiger partial charge in [-0.05, 0) is 0 Å². The van der Waals surface area contributed by atoms with Crippen LogP contribution in [0.2, 0.25) is 0 Å². The molecule has 0 amide bonds. The number of thioether (sulfide) groups is 1. The summed E-state index contributed by atoms with van der Waals surface area (Å²) in [6.07, 6.45) is 10.3.